The van der Waals surface area contributed by atoms with Gasteiger partial charge in [-0.25, -0.2) is 4.79 Å². The van der Waals surface area contributed by atoms with Crippen molar-refractivity contribution in [2.75, 3.05) is 170 Å². The Hall–Kier alpha value is -1.39. The topological polar surface area (TPSA) is 154 Å². The van der Waals surface area contributed by atoms with Crippen LogP contribution in [0.3, 0.4) is 0 Å². The summed E-state index contributed by atoms with van der Waals surface area (Å²) in [6.07, 6.45) is 0. The highest BCUT2D eigenvalue weighted by Crippen LogP contribution is 2.01. The molecular weight excluding hydrogens is 775 g/mol. The van der Waals surface area contributed by atoms with Crippen molar-refractivity contribution >= 4 is 34.3 Å². The van der Waals surface area contributed by atoms with Gasteiger partial charge >= 0.3 is 5.97 Å². The van der Waals surface area contributed by atoms with Gasteiger partial charge in [-0.1, -0.05) is 52.9 Å². The largest absolute Gasteiger partial charge is 0.457 e. The molecule has 1 aromatic carbocycles. The van der Waals surface area contributed by atoms with E-state index >= 15 is 0 Å². The van der Waals surface area contributed by atoms with Crippen LogP contribution in [0, 0.1) is 0 Å². The van der Waals surface area contributed by atoms with Crippen molar-refractivity contribution in [2.24, 2.45) is 0 Å². The van der Waals surface area contributed by atoms with Crippen molar-refractivity contribution in [1.29, 1.82) is 0 Å². The number of ketones is 1. The molecule has 0 amide bonds. The van der Waals surface area contributed by atoms with Crippen molar-refractivity contribution in [1.82, 2.24) is 0 Å². The molecule has 50 heavy (non-hydrogen) atoms. The molecule has 0 N–H and O–H groups in total. The minimum absolute atomic E-state index is 0.00353. The summed E-state index contributed by atoms with van der Waals surface area (Å²) in [7, 11) is 0. The van der Waals surface area contributed by atoms with E-state index in [2.05, 4.69) is 22.6 Å². The van der Waals surface area contributed by atoms with Gasteiger partial charge in [0.05, 0.1) is 159 Å². The Labute approximate surface area is 310 Å². The van der Waals surface area contributed by atoms with Crippen LogP contribution in [0.15, 0.2) is 30.3 Å². The van der Waals surface area contributed by atoms with E-state index in [1.54, 1.807) is 30.3 Å². The van der Waals surface area contributed by atoms with Gasteiger partial charge in [0.15, 0.2) is 0 Å². The standard InChI is InChI=1S/C34H57IO15/c35-6-7-38-8-9-39-10-11-40-12-13-41-14-15-42-16-17-43-18-19-44-20-21-45-22-23-46-24-25-47-26-27-48-28-29-49-30-31-50-34(37)33(36)32-4-2-1-3-5-32/h1-5H,6-31H2. The van der Waals surface area contributed by atoms with E-state index in [0.29, 0.717) is 151 Å². The Balaban J connectivity index is 1.65. The van der Waals surface area contributed by atoms with Crippen LogP contribution in [0.5, 0.6) is 0 Å². The molecular formula is C34H57IO15. The zero-order chi connectivity index (χ0) is 35.8. The molecule has 0 aliphatic heterocycles. The molecule has 290 valence electrons. The highest BCUT2D eigenvalue weighted by molar-refractivity contribution is 14.1. The smallest absolute Gasteiger partial charge is 0.379 e. The summed E-state index contributed by atoms with van der Waals surface area (Å²) in [5.41, 5.74) is 0.295. The molecule has 15 nitrogen and oxygen atoms in total. The third-order valence-electron chi connectivity index (χ3n) is 6.00. The van der Waals surface area contributed by atoms with Crippen LogP contribution in [0.25, 0.3) is 0 Å². The van der Waals surface area contributed by atoms with Crippen molar-refractivity contribution in [3.05, 3.63) is 35.9 Å². The van der Waals surface area contributed by atoms with Gasteiger partial charge in [0, 0.05) is 9.99 Å². The number of alkyl halides is 1. The Morgan fingerprint density at radius 2 is 0.600 bits per heavy atom. The van der Waals surface area contributed by atoms with Crippen LogP contribution in [-0.2, 0) is 66.4 Å². The first kappa shape index (κ1) is 46.6. The van der Waals surface area contributed by atoms with Crippen LogP contribution in [-0.4, -0.2) is 181 Å². The molecule has 0 spiro atoms. The zero-order valence-corrected chi connectivity index (χ0v) is 31.4. The summed E-state index contributed by atoms with van der Waals surface area (Å²) < 4.78 is 71.1. The van der Waals surface area contributed by atoms with Crippen LogP contribution >= 0.6 is 22.6 Å². The SMILES string of the molecule is O=C(OCCOCCOCCOCCOCCOCCOCCOCCOCCOCCOCCOCCOCCI)C(=O)c1ccccc1. The number of hydrogen-bond acceptors (Lipinski definition) is 15. The molecule has 0 aliphatic rings. The van der Waals surface area contributed by atoms with Crippen LogP contribution in [0.2, 0.25) is 0 Å². The number of carbonyl (C=O) groups excluding carboxylic acids is 2. The lowest BCUT2D eigenvalue weighted by Gasteiger charge is -2.09. The van der Waals surface area contributed by atoms with E-state index in [-0.39, 0.29) is 13.2 Å². The molecule has 0 atom stereocenters. The maximum absolute atomic E-state index is 11.9. The monoisotopic (exact) mass is 832 g/mol. The highest BCUT2D eigenvalue weighted by atomic mass is 127. The molecule has 16 heteroatoms. The molecule has 0 saturated heterocycles. The molecule has 1 rings (SSSR count). The van der Waals surface area contributed by atoms with Gasteiger partial charge in [-0.05, 0) is 0 Å². The molecule has 0 bridgehead atoms. The predicted molar refractivity (Wildman–Crippen MR) is 190 cm³/mol. The summed E-state index contributed by atoms with van der Waals surface area (Å²) in [5.74, 6) is -1.57. The van der Waals surface area contributed by atoms with E-state index < -0.39 is 11.8 Å². The summed E-state index contributed by atoms with van der Waals surface area (Å²) in [5, 5.41) is 0. The van der Waals surface area contributed by atoms with Crippen LogP contribution < -0.4 is 0 Å². The number of benzene rings is 1. The molecule has 0 aliphatic carbocycles. The fourth-order valence-electron chi connectivity index (χ4n) is 3.54. The Bertz CT molecular complexity index is 868. The first-order valence-corrected chi connectivity index (χ1v) is 18.5. The van der Waals surface area contributed by atoms with Crippen molar-refractivity contribution in [3.63, 3.8) is 0 Å². The van der Waals surface area contributed by atoms with Crippen molar-refractivity contribution in [3.8, 4) is 0 Å². The summed E-state index contributed by atoms with van der Waals surface area (Å²) in [6.45, 7) is 11.7. The normalized spacial score (nSPS) is 11.3. The highest BCUT2D eigenvalue weighted by Gasteiger charge is 2.17. The van der Waals surface area contributed by atoms with Crippen molar-refractivity contribution in [2.45, 2.75) is 0 Å². The number of Topliss-reactive ketones (excluding diaryl/α,β-unsaturated/α-hetero) is 1. The quantitative estimate of drug-likeness (QED) is 0.0237. The maximum Gasteiger partial charge on any atom is 0.379 e. The molecule has 0 aromatic heterocycles. The third kappa shape index (κ3) is 32.5. The summed E-state index contributed by atoms with van der Waals surface area (Å²) >= 11 is 2.27. The average molecular weight is 833 g/mol. The van der Waals surface area contributed by atoms with E-state index in [4.69, 9.17) is 61.6 Å². The molecule has 1 aromatic rings. The second kappa shape index (κ2) is 38.8. The van der Waals surface area contributed by atoms with E-state index in [9.17, 15) is 9.59 Å². The minimum atomic E-state index is -0.898. The molecule has 0 unspecified atom stereocenters. The van der Waals surface area contributed by atoms with E-state index in [0.717, 1.165) is 11.0 Å². The second-order valence-corrected chi connectivity index (χ2v) is 10.9. The summed E-state index contributed by atoms with van der Waals surface area (Å²) in [4.78, 5) is 23.6. The fraction of sp³-hybridized carbons (Fsp3) is 0.765. The van der Waals surface area contributed by atoms with Gasteiger partial charge in [-0.3, -0.25) is 4.79 Å². The number of rotatable bonds is 40. The number of ether oxygens (including phenoxy) is 13. The predicted octanol–water partition coefficient (Wildman–Crippen LogP) is 2.05. The second-order valence-electron chi connectivity index (χ2n) is 9.87. The summed E-state index contributed by atoms with van der Waals surface area (Å²) in [6, 6.07) is 8.26. The van der Waals surface area contributed by atoms with Crippen LogP contribution in [0.4, 0.5) is 0 Å². The Morgan fingerprint density at radius 1 is 0.360 bits per heavy atom. The molecule has 0 fully saturated rings. The zero-order valence-electron chi connectivity index (χ0n) is 29.3. The average Bonchev–Trinajstić information content (AvgIpc) is 3.14. The van der Waals surface area contributed by atoms with Crippen molar-refractivity contribution < 1.29 is 71.2 Å². The van der Waals surface area contributed by atoms with Gasteiger partial charge in [-0.2, -0.15) is 0 Å². The fourth-order valence-corrected chi connectivity index (χ4v) is 3.85. The molecule has 0 radical (unpaired) electrons. The maximum atomic E-state index is 11.9. The third-order valence-corrected chi connectivity index (χ3v) is 6.44. The molecule has 0 heterocycles. The van der Waals surface area contributed by atoms with E-state index in [1.165, 1.54) is 0 Å². The number of esters is 1. The number of hydrogen-bond donors (Lipinski definition) is 0. The lowest BCUT2D eigenvalue weighted by molar-refractivity contribution is -0.139. The van der Waals surface area contributed by atoms with Crippen LogP contribution in [0.1, 0.15) is 10.4 Å². The minimum Gasteiger partial charge on any atom is -0.457 e. The van der Waals surface area contributed by atoms with E-state index in [1.807, 2.05) is 0 Å². The first-order valence-electron chi connectivity index (χ1n) is 17.0. The number of halogens is 1. The van der Waals surface area contributed by atoms with Gasteiger partial charge < -0.3 is 61.6 Å². The van der Waals surface area contributed by atoms with Gasteiger partial charge in [0.2, 0.25) is 0 Å². The first-order chi connectivity index (χ1) is 24.8. The lowest BCUT2D eigenvalue weighted by atomic mass is 10.1. The molecule has 0 saturated carbocycles. The Kier molecular flexibility index (Phi) is 36.2. The van der Waals surface area contributed by atoms with Gasteiger partial charge in [-0.15, -0.1) is 0 Å². The number of carbonyl (C=O) groups is 2. The Morgan fingerprint density at radius 3 is 0.860 bits per heavy atom. The van der Waals surface area contributed by atoms with Gasteiger partial charge in [0.1, 0.15) is 6.61 Å². The lowest BCUT2D eigenvalue weighted by Crippen LogP contribution is -2.20. The van der Waals surface area contributed by atoms with Gasteiger partial charge in [0.25, 0.3) is 5.78 Å².